The fourth-order valence-corrected chi connectivity index (χ4v) is 1.64. The summed E-state index contributed by atoms with van der Waals surface area (Å²) in [5, 5.41) is 11.6. The van der Waals surface area contributed by atoms with E-state index in [-0.39, 0.29) is 0 Å². The monoisotopic (exact) mass is 248 g/mol. The Hall–Kier alpha value is -2.31. The Kier molecular flexibility index (Phi) is 3.31. The third-order valence-electron chi connectivity index (χ3n) is 2.60. The van der Waals surface area contributed by atoms with Crippen molar-refractivity contribution in [3.8, 4) is 0 Å². The second-order valence-corrected chi connectivity index (χ2v) is 3.92. The molecule has 0 aliphatic heterocycles. The van der Waals surface area contributed by atoms with Gasteiger partial charge in [0.2, 0.25) is 0 Å². The average molecular weight is 248 g/mol. The number of hydrogen-bond acceptors (Lipinski definition) is 4. The van der Waals surface area contributed by atoms with E-state index in [4.69, 9.17) is 5.73 Å². The Balaban J connectivity index is 2.01. The molecule has 3 N–H and O–H groups in total. The molecule has 0 unspecified atom stereocenters. The lowest BCUT2D eigenvalue weighted by Crippen LogP contribution is -2.15. The van der Waals surface area contributed by atoms with Crippen molar-refractivity contribution in [2.24, 2.45) is 12.8 Å². The molecule has 0 radical (unpaired) electrons. The van der Waals surface area contributed by atoms with Gasteiger partial charge in [0.15, 0.2) is 0 Å². The molecule has 0 saturated carbocycles. The van der Waals surface area contributed by atoms with Gasteiger partial charge in [0.05, 0.1) is 12.2 Å². The first-order chi connectivity index (χ1) is 8.60. The Morgan fingerprint density at radius 1 is 1.50 bits per heavy atom. The van der Waals surface area contributed by atoms with Crippen LogP contribution >= 0.6 is 0 Å². The lowest BCUT2D eigenvalue weighted by Gasteiger charge is -1.99. The quantitative estimate of drug-likeness (QED) is 0.798. The van der Waals surface area contributed by atoms with Crippen LogP contribution in [0, 0.1) is 0 Å². The summed E-state index contributed by atoms with van der Waals surface area (Å²) in [5.41, 5.74) is 6.50. The number of nitrogens with zero attached hydrogens (tertiary/aromatic N) is 4. The summed E-state index contributed by atoms with van der Waals surface area (Å²) in [5.74, 6) is 0.116. The summed E-state index contributed by atoms with van der Waals surface area (Å²) in [6, 6.07) is 3.56. The molecule has 1 amide bonds. The minimum Gasteiger partial charge on any atom is -0.364 e. The van der Waals surface area contributed by atoms with E-state index in [2.05, 4.69) is 15.5 Å². The van der Waals surface area contributed by atoms with Gasteiger partial charge in [-0.15, -0.1) is 0 Å². The van der Waals surface area contributed by atoms with Gasteiger partial charge in [-0.1, -0.05) is 0 Å². The number of aromatic nitrogens is 4. The van der Waals surface area contributed by atoms with Gasteiger partial charge >= 0.3 is 0 Å². The lowest BCUT2D eigenvalue weighted by molar-refractivity contribution is 0.0991. The van der Waals surface area contributed by atoms with Crippen LogP contribution in [0.4, 0.5) is 5.82 Å². The van der Waals surface area contributed by atoms with Crippen LogP contribution in [0.3, 0.4) is 0 Å². The SMILES string of the molecule is CCn1ccc(CNc2cc(C(N)=O)n(C)n2)n1. The maximum Gasteiger partial charge on any atom is 0.267 e. The molecular weight excluding hydrogens is 232 g/mol. The van der Waals surface area contributed by atoms with Crippen LogP contribution in [-0.2, 0) is 20.1 Å². The molecule has 96 valence electrons. The largest absolute Gasteiger partial charge is 0.364 e. The third-order valence-corrected chi connectivity index (χ3v) is 2.60. The standard InChI is InChI=1S/C11H16N6O/c1-3-17-5-4-8(14-17)7-13-10-6-9(11(12)18)16(2)15-10/h4-6H,3,7H2,1-2H3,(H2,12,18)(H,13,15). The van der Waals surface area contributed by atoms with Crippen LogP contribution in [0.25, 0.3) is 0 Å². The van der Waals surface area contributed by atoms with E-state index in [1.165, 1.54) is 4.68 Å². The van der Waals surface area contributed by atoms with Crippen LogP contribution in [0.2, 0.25) is 0 Å². The first kappa shape index (κ1) is 12.2. The summed E-state index contributed by atoms with van der Waals surface area (Å²) in [6.45, 7) is 3.43. The number of primary amides is 1. The van der Waals surface area contributed by atoms with Crippen molar-refractivity contribution >= 4 is 11.7 Å². The van der Waals surface area contributed by atoms with Gasteiger partial charge in [0.1, 0.15) is 11.5 Å². The average Bonchev–Trinajstić information content (AvgIpc) is 2.92. The number of rotatable bonds is 5. The smallest absolute Gasteiger partial charge is 0.267 e. The number of carbonyl (C=O) groups is 1. The van der Waals surface area contributed by atoms with E-state index < -0.39 is 5.91 Å². The van der Waals surface area contributed by atoms with Gasteiger partial charge in [-0.05, 0) is 13.0 Å². The van der Waals surface area contributed by atoms with Gasteiger partial charge in [-0.2, -0.15) is 10.2 Å². The number of carbonyl (C=O) groups excluding carboxylic acids is 1. The number of amides is 1. The predicted octanol–water partition coefficient (Wildman–Crippen LogP) is 0.347. The zero-order valence-electron chi connectivity index (χ0n) is 10.4. The van der Waals surface area contributed by atoms with Gasteiger partial charge in [-0.25, -0.2) is 0 Å². The van der Waals surface area contributed by atoms with E-state index in [0.29, 0.717) is 18.1 Å². The van der Waals surface area contributed by atoms with Gasteiger partial charge < -0.3 is 11.1 Å². The minimum absolute atomic E-state index is 0.372. The molecule has 0 aliphatic carbocycles. The van der Waals surface area contributed by atoms with Crippen LogP contribution in [-0.4, -0.2) is 25.5 Å². The maximum absolute atomic E-state index is 11.1. The molecule has 0 fully saturated rings. The third kappa shape index (κ3) is 2.50. The molecule has 2 aromatic rings. The van der Waals surface area contributed by atoms with Crippen molar-refractivity contribution in [3.05, 3.63) is 29.7 Å². The lowest BCUT2D eigenvalue weighted by atomic mass is 10.4. The fourth-order valence-electron chi connectivity index (χ4n) is 1.64. The number of anilines is 1. The predicted molar refractivity (Wildman–Crippen MR) is 67.0 cm³/mol. The molecule has 2 heterocycles. The first-order valence-corrected chi connectivity index (χ1v) is 5.70. The van der Waals surface area contributed by atoms with Gasteiger partial charge in [-0.3, -0.25) is 14.2 Å². The van der Waals surface area contributed by atoms with Gasteiger partial charge in [0.25, 0.3) is 5.91 Å². The van der Waals surface area contributed by atoms with Crippen molar-refractivity contribution in [2.75, 3.05) is 5.32 Å². The van der Waals surface area contributed by atoms with E-state index >= 15 is 0 Å². The Morgan fingerprint density at radius 3 is 2.83 bits per heavy atom. The highest BCUT2D eigenvalue weighted by Crippen LogP contribution is 2.09. The topological polar surface area (TPSA) is 90.8 Å². The highest BCUT2D eigenvalue weighted by molar-refractivity contribution is 5.91. The van der Waals surface area contributed by atoms with Crippen LogP contribution in [0.15, 0.2) is 18.3 Å². The highest BCUT2D eigenvalue weighted by atomic mass is 16.1. The molecular formula is C11H16N6O. The molecule has 18 heavy (non-hydrogen) atoms. The number of aryl methyl sites for hydroxylation is 2. The zero-order chi connectivity index (χ0) is 13.1. The number of hydrogen-bond donors (Lipinski definition) is 2. The summed E-state index contributed by atoms with van der Waals surface area (Å²) >= 11 is 0. The summed E-state index contributed by atoms with van der Waals surface area (Å²) in [4.78, 5) is 11.1. The molecule has 2 aromatic heterocycles. The first-order valence-electron chi connectivity index (χ1n) is 5.70. The Bertz CT molecular complexity index is 556. The summed E-state index contributed by atoms with van der Waals surface area (Å²) in [7, 11) is 1.68. The molecule has 7 heteroatoms. The van der Waals surface area contributed by atoms with Crippen molar-refractivity contribution in [2.45, 2.75) is 20.0 Å². The molecule has 2 rings (SSSR count). The van der Waals surface area contributed by atoms with Crippen molar-refractivity contribution in [1.29, 1.82) is 0 Å². The molecule has 0 atom stereocenters. The second kappa shape index (κ2) is 4.91. The van der Waals surface area contributed by atoms with Crippen LogP contribution in [0.1, 0.15) is 23.1 Å². The van der Waals surface area contributed by atoms with E-state index in [0.717, 1.165) is 12.2 Å². The molecule has 0 spiro atoms. The fraction of sp³-hybridized carbons (Fsp3) is 0.364. The maximum atomic E-state index is 11.1. The molecule has 0 bridgehead atoms. The second-order valence-electron chi connectivity index (χ2n) is 3.92. The molecule has 0 aliphatic rings. The van der Waals surface area contributed by atoms with Crippen LogP contribution < -0.4 is 11.1 Å². The van der Waals surface area contributed by atoms with Crippen molar-refractivity contribution in [1.82, 2.24) is 19.6 Å². The zero-order valence-corrected chi connectivity index (χ0v) is 10.4. The van der Waals surface area contributed by atoms with E-state index in [1.807, 2.05) is 23.9 Å². The van der Waals surface area contributed by atoms with Crippen molar-refractivity contribution in [3.63, 3.8) is 0 Å². The van der Waals surface area contributed by atoms with Gasteiger partial charge in [0, 0.05) is 25.9 Å². The Labute approximate surface area is 105 Å². The normalized spacial score (nSPS) is 10.6. The van der Waals surface area contributed by atoms with Crippen molar-refractivity contribution < 1.29 is 4.79 Å². The Morgan fingerprint density at radius 2 is 2.28 bits per heavy atom. The molecule has 7 nitrogen and oxygen atoms in total. The number of nitrogens with two attached hydrogens (primary N) is 1. The molecule has 0 saturated heterocycles. The van der Waals surface area contributed by atoms with Crippen LogP contribution in [0.5, 0.6) is 0 Å². The van der Waals surface area contributed by atoms with E-state index in [9.17, 15) is 4.79 Å². The minimum atomic E-state index is -0.492. The summed E-state index contributed by atoms with van der Waals surface area (Å²) in [6.07, 6.45) is 1.92. The van der Waals surface area contributed by atoms with E-state index in [1.54, 1.807) is 13.1 Å². The highest BCUT2D eigenvalue weighted by Gasteiger charge is 2.09. The molecule has 0 aromatic carbocycles. The number of nitrogens with one attached hydrogen (secondary N) is 1. The summed E-state index contributed by atoms with van der Waals surface area (Å²) < 4.78 is 3.31.